The number of piperidine rings is 1. The van der Waals surface area contributed by atoms with Crippen LogP contribution in [-0.4, -0.2) is 50.7 Å². The summed E-state index contributed by atoms with van der Waals surface area (Å²) in [7, 11) is 3.24. The summed E-state index contributed by atoms with van der Waals surface area (Å²) < 4.78 is 16.2. The Morgan fingerprint density at radius 1 is 1.12 bits per heavy atom. The van der Waals surface area contributed by atoms with Gasteiger partial charge in [0.05, 0.1) is 39.5 Å². The van der Waals surface area contributed by atoms with E-state index in [2.05, 4.69) is 13.8 Å². The Bertz CT molecular complexity index is 498. The molecule has 0 radical (unpaired) electrons. The molecule has 2 rings (SSSR count). The first-order chi connectivity index (χ1) is 11.5. The zero-order chi connectivity index (χ0) is 17.5. The third-order valence-electron chi connectivity index (χ3n) is 5.04. The van der Waals surface area contributed by atoms with Crippen LogP contribution in [0.1, 0.15) is 38.7 Å². The number of hydrogen-bond acceptors (Lipinski definition) is 4. The van der Waals surface area contributed by atoms with Gasteiger partial charge in [0.2, 0.25) is 0 Å². The van der Waals surface area contributed by atoms with E-state index in [1.54, 1.807) is 14.2 Å². The van der Waals surface area contributed by atoms with Crippen LogP contribution in [-0.2, 0) is 11.3 Å². The minimum absolute atomic E-state index is 0.358. The molecule has 0 saturated carbocycles. The standard InChI is InChI=1S/C19H31NO4/c1-14-6-5-7-15(2)20(14)11-17(21)13-24-12-16-8-9-18(22-3)19(10-16)23-4/h8-10,14-15,17,21H,5-7,11-13H2,1-4H3/p+1/t14-,15-,17-/m0/s1. The number of methoxy groups -OCH3 is 2. The number of nitrogens with one attached hydrogen (secondary N) is 1. The smallest absolute Gasteiger partial charge is 0.161 e. The van der Waals surface area contributed by atoms with E-state index in [0.717, 1.165) is 12.1 Å². The molecule has 1 aromatic carbocycles. The molecule has 1 aliphatic rings. The third-order valence-corrected chi connectivity index (χ3v) is 5.04. The van der Waals surface area contributed by atoms with Crippen LogP contribution in [0.25, 0.3) is 0 Å². The molecule has 0 bridgehead atoms. The second-order valence-corrected chi connectivity index (χ2v) is 6.87. The molecule has 0 amide bonds. The normalized spacial score (nSPS) is 23.0. The van der Waals surface area contributed by atoms with Gasteiger partial charge in [-0.2, -0.15) is 0 Å². The lowest BCUT2D eigenvalue weighted by Crippen LogP contribution is -3.20. The Labute approximate surface area is 145 Å². The second-order valence-electron chi connectivity index (χ2n) is 6.87. The number of benzene rings is 1. The minimum atomic E-state index is -0.428. The first-order valence-electron chi connectivity index (χ1n) is 8.87. The van der Waals surface area contributed by atoms with E-state index in [1.165, 1.54) is 24.2 Å². The van der Waals surface area contributed by atoms with Crippen molar-refractivity contribution in [3.63, 3.8) is 0 Å². The lowest BCUT2D eigenvalue weighted by molar-refractivity contribution is -0.954. The highest BCUT2D eigenvalue weighted by atomic mass is 16.5. The topological polar surface area (TPSA) is 52.4 Å². The first-order valence-corrected chi connectivity index (χ1v) is 8.87. The highest BCUT2D eigenvalue weighted by Gasteiger charge is 2.30. The molecule has 24 heavy (non-hydrogen) atoms. The monoisotopic (exact) mass is 338 g/mol. The van der Waals surface area contributed by atoms with Crippen LogP contribution in [0.15, 0.2) is 18.2 Å². The number of aliphatic hydroxyl groups is 1. The van der Waals surface area contributed by atoms with Gasteiger partial charge >= 0.3 is 0 Å². The summed E-state index contributed by atoms with van der Waals surface area (Å²) in [5.41, 5.74) is 1.01. The molecule has 0 spiro atoms. The van der Waals surface area contributed by atoms with Crippen LogP contribution in [0.4, 0.5) is 0 Å². The van der Waals surface area contributed by atoms with Crippen molar-refractivity contribution in [1.29, 1.82) is 0 Å². The maximum Gasteiger partial charge on any atom is 0.161 e. The average molecular weight is 338 g/mol. The quantitative estimate of drug-likeness (QED) is 0.753. The molecule has 1 aromatic rings. The second kappa shape index (κ2) is 9.25. The van der Waals surface area contributed by atoms with Gasteiger partial charge in [0.1, 0.15) is 12.6 Å². The highest BCUT2D eigenvalue weighted by molar-refractivity contribution is 5.42. The van der Waals surface area contributed by atoms with E-state index in [1.807, 2.05) is 18.2 Å². The van der Waals surface area contributed by atoms with Crippen LogP contribution in [0.5, 0.6) is 11.5 Å². The SMILES string of the molecule is COc1ccc(COC[C@@H](O)C[NH+]2[C@@H](C)CCC[C@@H]2C)cc1OC. The van der Waals surface area contributed by atoms with Crippen molar-refractivity contribution in [2.45, 2.75) is 57.9 Å². The summed E-state index contributed by atoms with van der Waals surface area (Å²) in [6, 6.07) is 6.97. The van der Waals surface area contributed by atoms with Crippen molar-refractivity contribution in [3.05, 3.63) is 23.8 Å². The first kappa shape index (κ1) is 19.0. The summed E-state index contributed by atoms with van der Waals surface area (Å²) >= 11 is 0. The molecule has 0 unspecified atom stereocenters. The molecule has 1 aliphatic heterocycles. The Morgan fingerprint density at radius 3 is 2.42 bits per heavy atom. The molecule has 0 aliphatic carbocycles. The van der Waals surface area contributed by atoms with E-state index >= 15 is 0 Å². The Morgan fingerprint density at radius 2 is 1.79 bits per heavy atom. The number of aliphatic hydroxyl groups excluding tert-OH is 1. The summed E-state index contributed by atoms with van der Waals surface area (Å²) in [5, 5.41) is 10.3. The van der Waals surface area contributed by atoms with Gasteiger partial charge in [-0.1, -0.05) is 6.07 Å². The van der Waals surface area contributed by atoms with Gasteiger partial charge in [-0.25, -0.2) is 0 Å². The number of hydrogen-bond donors (Lipinski definition) is 2. The predicted molar refractivity (Wildman–Crippen MR) is 93.8 cm³/mol. The maximum atomic E-state index is 10.3. The Kier molecular flexibility index (Phi) is 7.34. The number of ether oxygens (including phenoxy) is 3. The van der Waals surface area contributed by atoms with Gasteiger partial charge in [0.15, 0.2) is 11.5 Å². The van der Waals surface area contributed by atoms with E-state index in [9.17, 15) is 5.11 Å². The van der Waals surface area contributed by atoms with Crippen molar-refractivity contribution in [1.82, 2.24) is 0 Å². The number of quaternary nitrogens is 1. The molecular weight excluding hydrogens is 306 g/mol. The number of likely N-dealkylation sites (tertiary alicyclic amines) is 1. The third kappa shape index (κ3) is 5.10. The highest BCUT2D eigenvalue weighted by Crippen LogP contribution is 2.27. The Hall–Kier alpha value is -1.30. The average Bonchev–Trinajstić information content (AvgIpc) is 2.58. The lowest BCUT2D eigenvalue weighted by Gasteiger charge is -2.36. The van der Waals surface area contributed by atoms with Gasteiger partial charge in [-0.3, -0.25) is 0 Å². The summed E-state index contributed by atoms with van der Waals surface area (Å²) in [6.07, 6.45) is 3.37. The van der Waals surface area contributed by atoms with Crippen LogP contribution < -0.4 is 14.4 Å². The van der Waals surface area contributed by atoms with E-state index in [-0.39, 0.29) is 0 Å². The van der Waals surface area contributed by atoms with Crippen LogP contribution in [0, 0.1) is 0 Å². The fraction of sp³-hybridized carbons (Fsp3) is 0.684. The van der Waals surface area contributed by atoms with Crippen molar-refractivity contribution in [2.75, 3.05) is 27.4 Å². The zero-order valence-corrected chi connectivity index (χ0v) is 15.4. The molecule has 1 saturated heterocycles. The van der Waals surface area contributed by atoms with Crippen LogP contribution >= 0.6 is 0 Å². The molecule has 3 atom stereocenters. The molecule has 136 valence electrons. The number of rotatable bonds is 8. The largest absolute Gasteiger partial charge is 0.493 e. The molecule has 2 N–H and O–H groups in total. The fourth-order valence-electron chi connectivity index (χ4n) is 3.60. The molecule has 1 heterocycles. The lowest BCUT2D eigenvalue weighted by atomic mass is 9.97. The summed E-state index contributed by atoms with van der Waals surface area (Å²) in [5.74, 6) is 1.40. The predicted octanol–water partition coefficient (Wildman–Crippen LogP) is 1.43. The Balaban J connectivity index is 1.79. The minimum Gasteiger partial charge on any atom is -0.493 e. The molecule has 5 heteroatoms. The van der Waals surface area contributed by atoms with Crippen molar-refractivity contribution in [3.8, 4) is 11.5 Å². The fourth-order valence-corrected chi connectivity index (χ4v) is 3.60. The molecule has 1 fully saturated rings. The zero-order valence-electron chi connectivity index (χ0n) is 15.4. The van der Waals surface area contributed by atoms with E-state index in [0.29, 0.717) is 36.8 Å². The summed E-state index contributed by atoms with van der Waals surface area (Å²) in [4.78, 5) is 1.50. The van der Waals surface area contributed by atoms with Gasteiger partial charge < -0.3 is 24.2 Å². The van der Waals surface area contributed by atoms with Crippen LogP contribution in [0.3, 0.4) is 0 Å². The van der Waals surface area contributed by atoms with Crippen molar-refractivity contribution >= 4 is 0 Å². The van der Waals surface area contributed by atoms with Crippen molar-refractivity contribution < 1.29 is 24.2 Å². The molecule has 0 aromatic heterocycles. The maximum absolute atomic E-state index is 10.3. The van der Waals surface area contributed by atoms with E-state index in [4.69, 9.17) is 14.2 Å². The molecular formula is C19H32NO4+. The van der Waals surface area contributed by atoms with Crippen molar-refractivity contribution in [2.24, 2.45) is 0 Å². The molecule has 5 nitrogen and oxygen atoms in total. The van der Waals surface area contributed by atoms with Gasteiger partial charge in [-0.15, -0.1) is 0 Å². The van der Waals surface area contributed by atoms with E-state index < -0.39 is 6.10 Å². The van der Waals surface area contributed by atoms with Gasteiger partial charge in [0.25, 0.3) is 0 Å². The van der Waals surface area contributed by atoms with Crippen LogP contribution in [0.2, 0.25) is 0 Å². The van der Waals surface area contributed by atoms with Gasteiger partial charge in [0, 0.05) is 0 Å². The van der Waals surface area contributed by atoms with Gasteiger partial charge in [-0.05, 0) is 50.8 Å². The summed E-state index contributed by atoms with van der Waals surface area (Å²) in [6.45, 7) is 6.13.